The molecule has 0 aliphatic rings. The van der Waals surface area contributed by atoms with Crippen LogP contribution in [0.5, 0.6) is 0 Å². The number of hydrogen-bond acceptors (Lipinski definition) is 1. The molecule has 0 heterocycles. The predicted molar refractivity (Wildman–Crippen MR) is 71.3 cm³/mol. The molecule has 0 amide bonds. The smallest absolute Gasteiger partial charge is 0.0831 e. The van der Waals surface area contributed by atoms with Crippen molar-refractivity contribution in [1.29, 1.82) is 0 Å². The van der Waals surface area contributed by atoms with E-state index in [1.54, 1.807) is 0 Å². The summed E-state index contributed by atoms with van der Waals surface area (Å²) in [5.74, 6) is 0. The molecule has 0 bridgehead atoms. The second-order valence-corrected chi connectivity index (χ2v) is 4.63. The average molecular weight is 247 g/mol. The van der Waals surface area contributed by atoms with Gasteiger partial charge in [0.1, 0.15) is 0 Å². The topological polar surface area (TPSA) is 20.2 Å². The van der Waals surface area contributed by atoms with Gasteiger partial charge in [0.15, 0.2) is 0 Å². The molecule has 0 aromatic heterocycles. The molecular formula is C15H15ClO. The summed E-state index contributed by atoms with van der Waals surface area (Å²) in [5.41, 5.74) is 3.06. The summed E-state index contributed by atoms with van der Waals surface area (Å²) in [7, 11) is 0. The van der Waals surface area contributed by atoms with Gasteiger partial charge in [-0.2, -0.15) is 0 Å². The highest BCUT2D eigenvalue weighted by Crippen LogP contribution is 2.23. The molecule has 1 unspecified atom stereocenters. The van der Waals surface area contributed by atoms with Gasteiger partial charge >= 0.3 is 0 Å². The standard InChI is InChI=1S/C15H15ClO/c1-11-5-4-7-13(9-11)15(17)10-12-6-2-3-8-14(12)16/h2-9,15,17H,10H2,1H3. The molecule has 0 aliphatic carbocycles. The Morgan fingerprint density at radius 2 is 1.88 bits per heavy atom. The van der Waals surface area contributed by atoms with E-state index in [1.807, 2.05) is 55.5 Å². The van der Waals surface area contributed by atoms with Crippen LogP contribution in [0, 0.1) is 6.92 Å². The van der Waals surface area contributed by atoms with Crippen molar-refractivity contribution < 1.29 is 5.11 Å². The van der Waals surface area contributed by atoms with E-state index in [0.29, 0.717) is 11.4 Å². The first-order valence-electron chi connectivity index (χ1n) is 5.65. The molecule has 2 heteroatoms. The van der Waals surface area contributed by atoms with Crippen molar-refractivity contribution in [3.63, 3.8) is 0 Å². The van der Waals surface area contributed by atoms with Gasteiger partial charge in [0, 0.05) is 11.4 Å². The molecule has 2 aromatic carbocycles. The van der Waals surface area contributed by atoms with Crippen molar-refractivity contribution >= 4 is 11.6 Å². The van der Waals surface area contributed by atoms with Gasteiger partial charge in [-0.15, -0.1) is 0 Å². The lowest BCUT2D eigenvalue weighted by atomic mass is 10.00. The highest BCUT2D eigenvalue weighted by Gasteiger charge is 2.10. The minimum Gasteiger partial charge on any atom is -0.388 e. The zero-order valence-electron chi connectivity index (χ0n) is 9.73. The first-order chi connectivity index (χ1) is 8.16. The molecule has 2 aromatic rings. The Kier molecular flexibility index (Phi) is 3.82. The van der Waals surface area contributed by atoms with Gasteiger partial charge in [0.25, 0.3) is 0 Å². The minimum atomic E-state index is -0.505. The highest BCUT2D eigenvalue weighted by atomic mass is 35.5. The largest absolute Gasteiger partial charge is 0.388 e. The van der Waals surface area contributed by atoms with Crippen LogP contribution in [-0.4, -0.2) is 5.11 Å². The van der Waals surface area contributed by atoms with Crippen LogP contribution in [0.15, 0.2) is 48.5 Å². The molecule has 17 heavy (non-hydrogen) atoms. The Morgan fingerprint density at radius 1 is 1.12 bits per heavy atom. The van der Waals surface area contributed by atoms with Crippen LogP contribution in [0.2, 0.25) is 5.02 Å². The van der Waals surface area contributed by atoms with E-state index in [1.165, 1.54) is 0 Å². The Bertz CT molecular complexity index is 508. The maximum absolute atomic E-state index is 10.2. The quantitative estimate of drug-likeness (QED) is 0.870. The van der Waals surface area contributed by atoms with Gasteiger partial charge in [-0.25, -0.2) is 0 Å². The van der Waals surface area contributed by atoms with Crippen molar-refractivity contribution in [3.8, 4) is 0 Å². The first kappa shape index (κ1) is 12.2. The fourth-order valence-electron chi connectivity index (χ4n) is 1.87. The number of hydrogen-bond donors (Lipinski definition) is 1. The van der Waals surface area contributed by atoms with Gasteiger partial charge in [-0.3, -0.25) is 0 Å². The molecular weight excluding hydrogens is 232 g/mol. The Balaban J connectivity index is 2.17. The lowest BCUT2D eigenvalue weighted by Gasteiger charge is -2.12. The molecule has 88 valence electrons. The zero-order valence-corrected chi connectivity index (χ0v) is 10.5. The molecule has 0 spiro atoms. The zero-order chi connectivity index (χ0) is 12.3. The second-order valence-electron chi connectivity index (χ2n) is 4.23. The van der Waals surface area contributed by atoms with Crippen molar-refractivity contribution in [2.24, 2.45) is 0 Å². The van der Waals surface area contributed by atoms with Gasteiger partial charge in [0.05, 0.1) is 6.10 Å². The van der Waals surface area contributed by atoms with E-state index in [-0.39, 0.29) is 0 Å². The third-order valence-electron chi connectivity index (χ3n) is 2.80. The fourth-order valence-corrected chi connectivity index (χ4v) is 2.08. The van der Waals surface area contributed by atoms with E-state index < -0.39 is 6.10 Å². The van der Waals surface area contributed by atoms with Crippen LogP contribution < -0.4 is 0 Å². The van der Waals surface area contributed by atoms with Crippen molar-refractivity contribution in [2.45, 2.75) is 19.4 Å². The van der Waals surface area contributed by atoms with Crippen molar-refractivity contribution in [2.75, 3.05) is 0 Å². The summed E-state index contributed by atoms with van der Waals surface area (Å²) in [4.78, 5) is 0. The second kappa shape index (κ2) is 5.35. The predicted octanol–water partition coefficient (Wildman–Crippen LogP) is 3.92. The summed E-state index contributed by atoms with van der Waals surface area (Å²) in [6, 6.07) is 15.5. The van der Waals surface area contributed by atoms with E-state index in [2.05, 4.69) is 0 Å². The van der Waals surface area contributed by atoms with Crippen molar-refractivity contribution in [1.82, 2.24) is 0 Å². The van der Waals surface area contributed by atoms with E-state index in [9.17, 15) is 5.11 Å². The van der Waals surface area contributed by atoms with E-state index >= 15 is 0 Å². The summed E-state index contributed by atoms with van der Waals surface area (Å²) < 4.78 is 0. The first-order valence-corrected chi connectivity index (χ1v) is 6.02. The third kappa shape index (κ3) is 3.09. The summed E-state index contributed by atoms with van der Waals surface area (Å²) in [5, 5.41) is 10.9. The molecule has 1 nitrogen and oxygen atoms in total. The summed E-state index contributed by atoms with van der Waals surface area (Å²) >= 11 is 6.08. The maximum atomic E-state index is 10.2. The molecule has 0 fully saturated rings. The maximum Gasteiger partial charge on any atom is 0.0831 e. The lowest BCUT2D eigenvalue weighted by Crippen LogP contribution is -2.02. The summed E-state index contributed by atoms with van der Waals surface area (Å²) in [6.07, 6.45) is 0.0400. The molecule has 0 radical (unpaired) electrons. The van der Waals surface area contributed by atoms with Crippen LogP contribution in [0.4, 0.5) is 0 Å². The third-order valence-corrected chi connectivity index (χ3v) is 3.17. The van der Waals surface area contributed by atoms with Crippen LogP contribution in [0.25, 0.3) is 0 Å². The van der Waals surface area contributed by atoms with Gasteiger partial charge in [-0.05, 0) is 24.1 Å². The fraction of sp³-hybridized carbons (Fsp3) is 0.200. The van der Waals surface area contributed by atoms with Crippen LogP contribution in [0.3, 0.4) is 0 Å². The van der Waals surface area contributed by atoms with Gasteiger partial charge < -0.3 is 5.11 Å². The normalized spacial score (nSPS) is 12.4. The molecule has 0 aliphatic heterocycles. The Hall–Kier alpha value is -1.31. The Labute approximate surface area is 107 Å². The summed E-state index contributed by atoms with van der Waals surface area (Å²) in [6.45, 7) is 2.02. The number of rotatable bonds is 3. The molecule has 0 saturated carbocycles. The number of aryl methyl sites for hydroxylation is 1. The van der Waals surface area contributed by atoms with Gasteiger partial charge in [-0.1, -0.05) is 59.6 Å². The van der Waals surface area contributed by atoms with Crippen LogP contribution in [-0.2, 0) is 6.42 Å². The molecule has 1 N–H and O–H groups in total. The highest BCUT2D eigenvalue weighted by molar-refractivity contribution is 6.31. The van der Waals surface area contributed by atoms with Crippen LogP contribution in [0.1, 0.15) is 22.8 Å². The number of benzene rings is 2. The monoisotopic (exact) mass is 246 g/mol. The van der Waals surface area contributed by atoms with E-state index in [4.69, 9.17) is 11.6 Å². The molecule has 0 saturated heterocycles. The Morgan fingerprint density at radius 3 is 2.59 bits per heavy atom. The number of aliphatic hydroxyl groups excluding tert-OH is 1. The number of halogens is 1. The van der Waals surface area contributed by atoms with Crippen molar-refractivity contribution in [3.05, 3.63) is 70.2 Å². The number of aliphatic hydroxyl groups is 1. The molecule has 1 atom stereocenters. The SMILES string of the molecule is Cc1cccc(C(O)Cc2ccccc2Cl)c1. The van der Waals surface area contributed by atoms with E-state index in [0.717, 1.165) is 16.7 Å². The average Bonchev–Trinajstić information content (AvgIpc) is 2.32. The lowest BCUT2D eigenvalue weighted by molar-refractivity contribution is 0.178. The molecule has 2 rings (SSSR count). The minimum absolute atomic E-state index is 0.505. The van der Waals surface area contributed by atoms with Crippen LogP contribution >= 0.6 is 11.6 Å². The van der Waals surface area contributed by atoms with Gasteiger partial charge in [0.2, 0.25) is 0 Å².